The molecule has 17 heavy (non-hydrogen) atoms. The zero-order chi connectivity index (χ0) is 12.1. The standard InChI is InChI=1S/C13H19N3O/c1-3-14-12(13-5-4-10-17-13)7-6-11-8-9-15-16(11)2/h4-5,8-10,12,14H,3,6-7H2,1-2H3. The van der Waals surface area contributed by atoms with E-state index in [0.717, 1.165) is 25.1 Å². The van der Waals surface area contributed by atoms with Gasteiger partial charge in [0.25, 0.3) is 0 Å². The van der Waals surface area contributed by atoms with Gasteiger partial charge in [0.15, 0.2) is 0 Å². The molecule has 0 amide bonds. The molecule has 92 valence electrons. The van der Waals surface area contributed by atoms with Crippen LogP contribution < -0.4 is 5.32 Å². The Kier molecular flexibility index (Phi) is 3.98. The van der Waals surface area contributed by atoms with E-state index < -0.39 is 0 Å². The molecule has 0 aromatic carbocycles. The molecular weight excluding hydrogens is 214 g/mol. The molecule has 2 aromatic rings. The van der Waals surface area contributed by atoms with Crippen molar-refractivity contribution in [3.8, 4) is 0 Å². The van der Waals surface area contributed by atoms with Crippen molar-refractivity contribution >= 4 is 0 Å². The van der Waals surface area contributed by atoms with Crippen LogP contribution >= 0.6 is 0 Å². The SMILES string of the molecule is CCNC(CCc1ccnn1C)c1ccco1. The molecule has 2 heterocycles. The molecule has 0 saturated heterocycles. The maximum absolute atomic E-state index is 5.46. The summed E-state index contributed by atoms with van der Waals surface area (Å²) in [5.41, 5.74) is 1.25. The summed E-state index contributed by atoms with van der Waals surface area (Å²) in [5.74, 6) is 1.01. The molecule has 0 aliphatic carbocycles. The second-order valence-corrected chi connectivity index (χ2v) is 4.11. The highest BCUT2D eigenvalue weighted by Gasteiger charge is 2.13. The Labute approximate surface area is 102 Å². The van der Waals surface area contributed by atoms with Gasteiger partial charge in [-0.3, -0.25) is 4.68 Å². The van der Waals surface area contributed by atoms with E-state index in [1.807, 2.05) is 30.1 Å². The summed E-state index contributed by atoms with van der Waals surface area (Å²) in [7, 11) is 1.98. The molecule has 4 nitrogen and oxygen atoms in total. The predicted molar refractivity (Wildman–Crippen MR) is 66.7 cm³/mol. The summed E-state index contributed by atoms with van der Waals surface area (Å²) in [4.78, 5) is 0. The minimum atomic E-state index is 0.282. The third-order valence-corrected chi connectivity index (χ3v) is 2.95. The fraction of sp³-hybridized carbons (Fsp3) is 0.462. The topological polar surface area (TPSA) is 43.0 Å². The number of furan rings is 1. The summed E-state index contributed by atoms with van der Waals surface area (Å²) in [6.45, 7) is 3.05. The van der Waals surface area contributed by atoms with Crippen LogP contribution in [0.5, 0.6) is 0 Å². The number of nitrogens with zero attached hydrogens (tertiary/aromatic N) is 2. The number of aromatic nitrogens is 2. The summed E-state index contributed by atoms with van der Waals surface area (Å²) in [6, 6.07) is 6.30. The van der Waals surface area contributed by atoms with Crippen LogP contribution in [-0.4, -0.2) is 16.3 Å². The number of nitrogens with one attached hydrogen (secondary N) is 1. The van der Waals surface area contributed by atoms with Crippen molar-refractivity contribution in [2.75, 3.05) is 6.54 Å². The van der Waals surface area contributed by atoms with Gasteiger partial charge in [-0.05, 0) is 37.6 Å². The summed E-state index contributed by atoms with van der Waals surface area (Å²) >= 11 is 0. The van der Waals surface area contributed by atoms with E-state index in [1.54, 1.807) is 6.26 Å². The van der Waals surface area contributed by atoms with Crippen LogP contribution in [0.1, 0.15) is 30.8 Å². The van der Waals surface area contributed by atoms with Crippen molar-refractivity contribution in [1.29, 1.82) is 0 Å². The lowest BCUT2D eigenvalue weighted by Crippen LogP contribution is -2.21. The van der Waals surface area contributed by atoms with Crippen LogP contribution in [0.25, 0.3) is 0 Å². The van der Waals surface area contributed by atoms with Crippen LogP contribution in [0, 0.1) is 0 Å². The van der Waals surface area contributed by atoms with Gasteiger partial charge in [0.1, 0.15) is 5.76 Å². The molecule has 2 rings (SSSR count). The number of hydrogen-bond acceptors (Lipinski definition) is 3. The second kappa shape index (κ2) is 5.68. The van der Waals surface area contributed by atoms with E-state index in [4.69, 9.17) is 4.42 Å². The van der Waals surface area contributed by atoms with Crippen molar-refractivity contribution in [3.63, 3.8) is 0 Å². The number of rotatable bonds is 6. The van der Waals surface area contributed by atoms with Gasteiger partial charge in [-0.2, -0.15) is 5.10 Å². The first-order chi connectivity index (χ1) is 8.31. The van der Waals surface area contributed by atoms with Gasteiger partial charge in [0.2, 0.25) is 0 Å². The third kappa shape index (κ3) is 2.97. The molecule has 0 saturated carbocycles. The highest BCUT2D eigenvalue weighted by atomic mass is 16.3. The Morgan fingerprint density at radius 1 is 1.47 bits per heavy atom. The molecular formula is C13H19N3O. The van der Waals surface area contributed by atoms with E-state index >= 15 is 0 Å². The van der Waals surface area contributed by atoms with Gasteiger partial charge < -0.3 is 9.73 Å². The zero-order valence-electron chi connectivity index (χ0n) is 10.4. The minimum Gasteiger partial charge on any atom is -0.468 e. The first-order valence-corrected chi connectivity index (χ1v) is 6.05. The molecule has 0 radical (unpaired) electrons. The highest BCUT2D eigenvalue weighted by molar-refractivity contribution is 5.07. The van der Waals surface area contributed by atoms with Crippen LogP contribution in [0.4, 0.5) is 0 Å². The van der Waals surface area contributed by atoms with E-state index in [1.165, 1.54) is 5.69 Å². The quantitative estimate of drug-likeness (QED) is 0.832. The van der Waals surface area contributed by atoms with Crippen molar-refractivity contribution in [2.24, 2.45) is 7.05 Å². The van der Waals surface area contributed by atoms with Crippen LogP contribution in [0.2, 0.25) is 0 Å². The lowest BCUT2D eigenvalue weighted by molar-refractivity contribution is 0.399. The van der Waals surface area contributed by atoms with Crippen LogP contribution in [0.15, 0.2) is 35.1 Å². The first-order valence-electron chi connectivity index (χ1n) is 6.05. The fourth-order valence-corrected chi connectivity index (χ4v) is 2.02. The second-order valence-electron chi connectivity index (χ2n) is 4.11. The van der Waals surface area contributed by atoms with E-state index in [2.05, 4.69) is 23.4 Å². The monoisotopic (exact) mass is 233 g/mol. The summed E-state index contributed by atoms with van der Waals surface area (Å²) < 4.78 is 7.39. The predicted octanol–water partition coefficient (Wildman–Crippen LogP) is 2.30. The Morgan fingerprint density at radius 2 is 2.35 bits per heavy atom. The number of aryl methyl sites for hydroxylation is 2. The van der Waals surface area contributed by atoms with Gasteiger partial charge in [-0.1, -0.05) is 6.92 Å². The molecule has 0 bridgehead atoms. The summed E-state index contributed by atoms with van der Waals surface area (Å²) in [5, 5.41) is 7.62. The third-order valence-electron chi connectivity index (χ3n) is 2.95. The maximum Gasteiger partial charge on any atom is 0.120 e. The van der Waals surface area contributed by atoms with Crippen LogP contribution in [0.3, 0.4) is 0 Å². The molecule has 0 aliphatic rings. The maximum atomic E-state index is 5.46. The molecule has 1 N–H and O–H groups in total. The zero-order valence-corrected chi connectivity index (χ0v) is 10.4. The Balaban J connectivity index is 1.97. The molecule has 1 unspecified atom stereocenters. The van der Waals surface area contributed by atoms with Crippen molar-refractivity contribution in [2.45, 2.75) is 25.8 Å². The first kappa shape index (κ1) is 11.9. The fourth-order valence-electron chi connectivity index (χ4n) is 2.02. The lowest BCUT2D eigenvalue weighted by atomic mass is 10.1. The minimum absolute atomic E-state index is 0.282. The van der Waals surface area contributed by atoms with E-state index in [-0.39, 0.29) is 6.04 Å². The van der Waals surface area contributed by atoms with Gasteiger partial charge in [0.05, 0.1) is 12.3 Å². The average molecular weight is 233 g/mol. The van der Waals surface area contributed by atoms with Crippen LogP contribution in [-0.2, 0) is 13.5 Å². The average Bonchev–Trinajstić information content (AvgIpc) is 2.96. The Morgan fingerprint density at radius 3 is 2.94 bits per heavy atom. The summed E-state index contributed by atoms with van der Waals surface area (Å²) in [6.07, 6.45) is 5.57. The molecule has 4 heteroatoms. The van der Waals surface area contributed by atoms with E-state index in [9.17, 15) is 0 Å². The molecule has 1 atom stereocenters. The largest absolute Gasteiger partial charge is 0.468 e. The Bertz CT molecular complexity index is 433. The molecule has 2 aromatic heterocycles. The Hall–Kier alpha value is -1.55. The lowest BCUT2D eigenvalue weighted by Gasteiger charge is -2.15. The van der Waals surface area contributed by atoms with Gasteiger partial charge in [-0.15, -0.1) is 0 Å². The molecule has 0 spiro atoms. The van der Waals surface area contributed by atoms with Gasteiger partial charge in [-0.25, -0.2) is 0 Å². The van der Waals surface area contributed by atoms with Gasteiger partial charge >= 0.3 is 0 Å². The molecule has 0 aliphatic heterocycles. The van der Waals surface area contributed by atoms with Crippen molar-refractivity contribution < 1.29 is 4.42 Å². The smallest absolute Gasteiger partial charge is 0.120 e. The van der Waals surface area contributed by atoms with Gasteiger partial charge in [0, 0.05) is 18.9 Å². The number of hydrogen-bond donors (Lipinski definition) is 1. The molecule has 0 fully saturated rings. The van der Waals surface area contributed by atoms with Crippen molar-refractivity contribution in [1.82, 2.24) is 15.1 Å². The van der Waals surface area contributed by atoms with E-state index in [0.29, 0.717) is 0 Å². The highest BCUT2D eigenvalue weighted by Crippen LogP contribution is 2.19. The normalized spacial score (nSPS) is 12.8. The van der Waals surface area contributed by atoms with Crippen molar-refractivity contribution in [3.05, 3.63) is 42.1 Å².